The maximum Gasteiger partial charge on any atom is 0.261 e. The van der Waals surface area contributed by atoms with E-state index in [1.807, 2.05) is 24.0 Å². The van der Waals surface area contributed by atoms with Crippen LogP contribution in [-0.2, 0) is 28.1 Å². The van der Waals surface area contributed by atoms with Crippen LogP contribution in [0.1, 0.15) is 46.3 Å². The number of thiophene rings is 1. The van der Waals surface area contributed by atoms with Crippen LogP contribution in [0, 0.1) is 0 Å². The van der Waals surface area contributed by atoms with Gasteiger partial charge in [0.05, 0.1) is 17.1 Å². The molecular weight excluding hydrogens is 376 g/mol. The molecule has 0 unspecified atom stereocenters. The van der Waals surface area contributed by atoms with Crippen LogP contribution in [0.4, 0.5) is 0 Å². The Labute approximate surface area is 168 Å². The minimum absolute atomic E-state index is 0.00300. The average Bonchev–Trinajstić information content (AvgIpc) is 3.37. The van der Waals surface area contributed by atoms with Crippen molar-refractivity contribution < 1.29 is 14.3 Å². The molecule has 0 bridgehead atoms. The van der Waals surface area contributed by atoms with Gasteiger partial charge in [0.1, 0.15) is 6.54 Å². The van der Waals surface area contributed by atoms with Crippen LogP contribution < -0.4 is 5.32 Å². The molecule has 2 aromatic rings. The van der Waals surface area contributed by atoms with Gasteiger partial charge < -0.3 is 15.0 Å². The van der Waals surface area contributed by atoms with E-state index in [0.717, 1.165) is 36.1 Å². The highest BCUT2D eigenvalue weighted by Gasteiger charge is 2.43. The Hall–Kier alpha value is -2.19. The molecule has 28 heavy (non-hydrogen) atoms. The highest BCUT2D eigenvalue weighted by molar-refractivity contribution is 7.14. The highest BCUT2D eigenvalue weighted by atomic mass is 32.1. The molecule has 1 spiro atoms. The number of ether oxygens (including phenoxy) is 1. The summed E-state index contributed by atoms with van der Waals surface area (Å²) in [7, 11) is 0. The first-order valence-corrected chi connectivity index (χ1v) is 10.7. The SMILES string of the molecule is CCCNC(=O)c1cc2c(s1)CCOC21CCN(C(=O)Cn2cccn2)CC1. The number of carbonyl (C=O) groups is 2. The zero-order valence-electron chi connectivity index (χ0n) is 16.1. The fourth-order valence-corrected chi connectivity index (χ4v) is 5.17. The fourth-order valence-electron chi connectivity index (χ4n) is 4.02. The molecule has 0 aromatic carbocycles. The number of aromatic nitrogens is 2. The standard InChI is InChI=1S/C20H26N4O3S/c1-2-7-21-19(26)17-13-15-16(28-17)4-12-27-20(15)5-10-23(11-6-20)18(25)14-24-9-3-8-22-24/h3,8-9,13H,2,4-7,10-12,14H2,1H3,(H,21,26). The minimum Gasteiger partial charge on any atom is -0.370 e. The number of nitrogens with zero attached hydrogens (tertiary/aromatic N) is 3. The Morgan fingerprint density at radius 3 is 2.89 bits per heavy atom. The first kappa shape index (κ1) is 19.1. The zero-order chi connectivity index (χ0) is 19.6. The Morgan fingerprint density at radius 2 is 2.18 bits per heavy atom. The number of carbonyl (C=O) groups excluding carboxylic acids is 2. The quantitative estimate of drug-likeness (QED) is 0.832. The number of amides is 2. The molecule has 4 heterocycles. The summed E-state index contributed by atoms with van der Waals surface area (Å²) in [5, 5.41) is 7.07. The maximum atomic E-state index is 12.5. The van der Waals surface area contributed by atoms with Crippen LogP contribution in [0.2, 0.25) is 0 Å². The summed E-state index contributed by atoms with van der Waals surface area (Å²) < 4.78 is 7.92. The molecule has 8 heteroatoms. The highest BCUT2D eigenvalue weighted by Crippen LogP contribution is 2.44. The molecule has 2 aliphatic rings. The van der Waals surface area contributed by atoms with Crippen molar-refractivity contribution in [2.75, 3.05) is 26.2 Å². The lowest BCUT2D eigenvalue weighted by atomic mass is 9.82. The second-order valence-corrected chi connectivity index (χ2v) is 8.52. The molecular formula is C20H26N4O3S. The number of likely N-dealkylation sites (tertiary alicyclic amines) is 1. The van der Waals surface area contributed by atoms with E-state index < -0.39 is 0 Å². The fraction of sp³-hybridized carbons (Fsp3) is 0.550. The number of hydrogen-bond acceptors (Lipinski definition) is 5. The van der Waals surface area contributed by atoms with E-state index in [-0.39, 0.29) is 24.0 Å². The lowest BCUT2D eigenvalue weighted by molar-refractivity contribution is -0.141. The van der Waals surface area contributed by atoms with Crippen molar-refractivity contribution in [1.29, 1.82) is 0 Å². The van der Waals surface area contributed by atoms with Gasteiger partial charge in [-0.3, -0.25) is 14.3 Å². The lowest BCUT2D eigenvalue weighted by Crippen LogP contribution is -2.48. The molecule has 2 aliphatic heterocycles. The third-order valence-corrected chi connectivity index (χ3v) is 6.74. The topological polar surface area (TPSA) is 76.5 Å². The molecule has 0 atom stereocenters. The van der Waals surface area contributed by atoms with Gasteiger partial charge >= 0.3 is 0 Å². The third-order valence-electron chi connectivity index (χ3n) is 5.55. The van der Waals surface area contributed by atoms with Gasteiger partial charge in [-0.2, -0.15) is 5.10 Å². The number of hydrogen-bond donors (Lipinski definition) is 1. The van der Waals surface area contributed by atoms with E-state index in [4.69, 9.17) is 4.74 Å². The van der Waals surface area contributed by atoms with E-state index in [9.17, 15) is 9.59 Å². The third kappa shape index (κ3) is 3.71. The Bertz CT molecular complexity index is 838. The van der Waals surface area contributed by atoms with Crippen LogP contribution in [-0.4, -0.2) is 52.7 Å². The smallest absolute Gasteiger partial charge is 0.261 e. The van der Waals surface area contributed by atoms with Crippen molar-refractivity contribution in [2.24, 2.45) is 0 Å². The molecule has 2 amide bonds. The zero-order valence-corrected chi connectivity index (χ0v) is 17.0. The monoisotopic (exact) mass is 402 g/mol. The Balaban J connectivity index is 1.45. The van der Waals surface area contributed by atoms with Gasteiger partial charge in [0.2, 0.25) is 5.91 Å². The molecule has 1 fully saturated rings. The first-order chi connectivity index (χ1) is 13.6. The second kappa shape index (κ2) is 8.05. The van der Waals surface area contributed by atoms with Crippen molar-refractivity contribution in [2.45, 2.75) is 44.8 Å². The van der Waals surface area contributed by atoms with Crippen LogP contribution in [0.3, 0.4) is 0 Å². The van der Waals surface area contributed by atoms with Gasteiger partial charge in [0.25, 0.3) is 5.91 Å². The van der Waals surface area contributed by atoms with Crippen LogP contribution in [0.25, 0.3) is 0 Å². The Kier molecular flexibility index (Phi) is 5.50. The lowest BCUT2D eigenvalue weighted by Gasteiger charge is -2.44. The van der Waals surface area contributed by atoms with Crippen molar-refractivity contribution >= 4 is 23.2 Å². The number of nitrogens with one attached hydrogen (secondary N) is 1. The number of fused-ring (bicyclic) bond motifs is 2. The van der Waals surface area contributed by atoms with Crippen LogP contribution >= 0.6 is 11.3 Å². The average molecular weight is 403 g/mol. The van der Waals surface area contributed by atoms with Gasteiger partial charge in [-0.05, 0) is 37.0 Å². The molecule has 0 saturated carbocycles. The summed E-state index contributed by atoms with van der Waals surface area (Å²) in [6.07, 6.45) is 6.78. The summed E-state index contributed by atoms with van der Waals surface area (Å²) in [6.45, 7) is 5.00. The van der Waals surface area contributed by atoms with Crippen molar-refractivity contribution in [1.82, 2.24) is 20.0 Å². The summed E-state index contributed by atoms with van der Waals surface area (Å²) in [4.78, 5) is 28.8. The molecule has 0 aliphatic carbocycles. The molecule has 4 rings (SSSR count). The predicted octanol–water partition coefficient (Wildman–Crippen LogP) is 2.17. The van der Waals surface area contributed by atoms with E-state index in [1.165, 1.54) is 4.88 Å². The van der Waals surface area contributed by atoms with Crippen LogP contribution in [0.5, 0.6) is 0 Å². The largest absolute Gasteiger partial charge is 0.370 e. The summed E-state index contributed by atoms with van der Waals surface area (Å²) in [5.74, 6) is 0.0859. The van der Waals surface area contributed by atoms with Gasteiger partial charge in [0, 0.05) is 43.3 Å². The minimum atomic E-state index is -0.365. The van der Waals surface area contributed by atoms with E-state index in [2.05, 4.69) is 10.4 Å². The molecule has 0 radical (unpaired) electrons. The number of rotatable bonds is 5. The summed E-state index contributed by atoms with van der Waals surface area (Å²) in [6, 6.07) is 3.84. The van der Waals surface area contributed by atoms with Gasteiger partial charge in [-0.25, -0.2) is 0 Å². The molecule has 2 aromatic heterocycles. The maximum absolute atomic E-state index is 12.5. The first-order valence-electron chi connectivity index (χ1n) is 9.92. The van der Waals surface area contributed by atoms with E-state index >= 15 is 0 Å². The second-order valence-electron chi connectivity index (χ2n) is 7.38. The van der Waals surface area contributed by atoms with Crippen molar-refractivity contribution in [3.05, 3.63) is 39.8 Å². The molecule has 150 valence electrons. The van der Waals surface area contributed by atoms with Crippen LogP contribution in [0.15, 0.2) is 24.5 Å². The van der Waals surface area contributed by atoms with Crippen molar-refractivity contribution in [3.8, 4) is 0 Å². The Morgan fingerprint density at radius 1 is 1.36 bits per heavy atom. The predicted molar refractivity (Wildman–Crippen MR) is 106 cm³/mol. The number of piperidine rings is 1. The van der Waals surface area contributed by atoms with E-state index in [1.54, 1.807) is 28.4 Å². The normalized spacial score (nSPS) is 18.1. The molecule has 7 nitrogen and oxygen atoms in total. The van der Waals surface area contributed by atoms with Crippen molar-refractivity contribution in [3.63, 3.8) is 0 Å². The summed E-state index contributed by atoms with van der Waals surface area (Å²) in [5.41, 5.74) is 0.792. The van der Waals surface area contributed by atoms with Gasteiger partial charge in [-0.1, -0.05) is 6.92 Å². The summed E-state index contributed by atoms with van der Waals surface area (Å²) >= 11 is 1.59. The molecule has 1 N–H and O–H groups in total. The molecule has 1 saturated heterocycles. The van der Waals surface area contributed by atoms with Gasteiger partial charge in [-0.15, -0.1) is 11.3 Å². The van der Waals surface area contributed by atoms with Gasteiger partial charge in [0.15, 0.2) is 0 Å². The van der Waals surface area contributed by atoms with E-state index in [0.29, 0.717) is 26.2 Å².